The Hall–Kier alpha value is -3.80. The van der Waals surface area contributed by atoms with E-state index >= 15 is 0 Å². The summed E-state index contributed by atoms with van der Waals surface area (Å²) in [7, 11) is 4.55. The number of halogens is 2. The zero-order chi connectivity index (χ0) is 27.2. The van der Waals surface area contributed by atoms with Gasteiger partial charge in [-0.1, -0.05) is 23.4 Å². The van der Waals surface area contributed by atoms with Crippen molar-refractivity contribution in [2.24, 2.45) is 0 Å². The molecule has 0 saturated carbocycles. The van der Waals surface area contributed by atoms with Crippen molar-refractivity contribution in [3.63, 3.8) is 0 Å². The van der Waals surface area contributed by atoms with Crippen LogP contribution in [0.3, 0.4) is 0 Å². The lowest BCUT2D eigenvalue weighted by atomic mass is 10.1. The Bertz CT molecular complexity index is 1410. The number of carbonyl (C=O) groups excluding carboxylic acids is 1. The molecule has 4 aromatic rings. The number of hydrogen-bond donors (Lipinski definition) is 2. The van der Waals surface area contributed by atoms with E-state index in [0.29, 0.717) is 46.5 Å². The van der Waals surface area contributed by atoms with Crippen molar-refractivity contribution in [1.29, 1.82) is 0 Å². The normalized spacial score (nSPS) is 10.7. The van der Waals surface area contributed by atoms with Gasteiger partial charge in [0, 0.05) is 39.2 Å². The van der Waals surface area contributed by atoms with Crippen molar-refractivity contribution < 1.29 is 27.9 Å². The minimum Gasteiger partial charge on any atom is -0.493 e. The Balaban J connectivity index is 1.46. The molecule has 1 aromatic heterocycles. The van der Waals surface area contributed by atoms with Crippen LogP contribution in [0.15, 0.2) is 59.1 Å². The zero-order valence-corrected chi connectivity index (χ0v) is 23.5. The summed E-state index contributed by atoms with van der Waals surface area (Å²) in [5.74, 6) is 1.38. The first-order valence-corrected chi connectivity index (χ1v) is 12.7. The molecule has 1 heterocycles. The van der Waals surface area contributed by atoms with Crippen molar-refractivity contribution in [3.05, 3.63) is 80.9 Å². The van der Waals surface area contributed by atoms with Crippen LogP contribution in [0.2, 0.25) is 0 Å². The first kappa shape index (κ1) is 27.2. The third-order valence-corrected chi connectivity index (χ3v) is 6.79. The summed E-state index contributed by atoms with van der Waals surface area (Å²) in [4.78, 5) is 12.8. The van der Waals surface area contributed by atoms with Crippen molar-refractivity contribution in [3.8, 4) is 28.5 Å². The molecule has 4 rings (SSSR count). The molecule has 0 fully saturated rings. The maximum Gasteiger partial charge on any atom is 0.228 e. The van der Waals surface area contributed by atoms with Crippen LogP contribution in [-0.2, 0) is 17.8 Å². The first-order chi connectivity index (χ1) is 18.3. The lowest BCUT2D eigenvalue weighted by Gasteiger charge is -2.15. The SMILES string of the molecule is COc1cc(NC(=O)Cc2cccc(NCc3c(-c4c(F)cccc4I)noc3C)c2)cc(OC)c1OC. The van der Waals surface area contributed by atoms with Crippen LogP contribution in [0.5, 0.6) is 17.2 Å². The van der Waals surface area contributed by atoms with E-state index in [0.717, 1.165) is 20.4 Å². The van der Waals surface area contributed by atoms with Gasteiger partial charge in [0.15, 0.2) is 11.5 Å². The second kappa shape index (κ2) is 12.2. The molecule has 0 spiro atoms. The molecule has 8 nitrogen and oxygen atoms in total. The fourth-order valence-corrected chi connectivity index (χ4v) is 4.77. The molecular weight excluding hydrogens is 604 g/mol. The van der Waals surface area contributed by atoms with Crippen molar-refractivity contribution in [1.82, 2.24) is 5.16 Å². The van der Waals surface area contributed by atoms with E-state index in [1.165, 1.54) is 27.4 Å². The van der Waals surface area contributed by atoms with Crippen LogP contribution in [0.4, 0.5) is 15.8 Å². The second-order valence-corrected chi connectivity index (χ2v) is 9.52. The smallest absolute Gasteiger partial charge is 0.228 e. The second-order valence-electron chi connectivity index (χ2n) is 8.36. The monoisotopic (exact) mass is 631 g/mol. The van der Waals surface area contributed by atoms with Gasteiger partial charge in [-0.15, -0.1) is 0 Å². The average molecular weight is 631 g/mol. The lowest BCUT2D eigenvalue weighted by Crippen LogP contribution is -2.15. The molecule has 3 aromatic carbocycles. The van der Waals surface area contributed by atoms with Gasteiger partial charge < -0.3 is 29.4 Å². The number of amides is 1. The average Bonchev–Trinajstić information content (AvgIpc) is 3.26. The third kappa shape index (κ3) is 6.01. The van der Waals surface area contributed by atoms with Gasteiger partial charge in [0.2, 0.25) is 11.7 Å². The number of ether oxygens (including phenoxy) is 3. The summed E-state index contributed by atoms with van der Waals surface area (Å²) in [6.07, 6.45) is 0.150. The predicted octanol–water partition coefficient (Wildman–Crippen LogP) is 6.21. The molecule has 198 valence electrons. The number of nitrogens with zero attached hydrogens (tertiary/aromatic N) is 1. The van der Waals surface area contributed by atoms with Gasteiger partial charge >= 0.3 is 0 Å². The number of carbonyl (C=O) groups is 1. The van der Waals surface area contributed by atoms with E-state index in [2.05, 4.69) is 38.4 Å². The molecule has 0 aliphatic rings. The van der Waals surface area contributed by atoms with Gasteiger partial charge in [0.25, 0.3) is 0 Å². The fraction of sp³-hybridized carbons (Fsp3) is 0.214. The van der Waals surface area contributed by atoms with Crippen molar-refractivity contribution in [2.75, 3.05) is 32.0 Å². The number of hydrogen-bond acceptors (Lipinski definition) is 7. The predicted molar refractivity (Wildman–Crippen MR) is 152 cm³/mol. The summed E-state index contributed by atoms with van der Waals surface area (Å²) in [5, 5.41) is 10.3. The number of aryl methyl sites for hydroxylation is 1. The Labute approximate surface area is 233 Å². The van der Waals surface area contributed by atoms with Crippen LogP contribution >= 0.6 is 22.6 Å². The minimum absolute atomic E-state index is 0.150. The Morgan fingerprint density at radius 1 is 1.00 bits per heavy atom. The molecule has 0 unspecified atom stereocenters. The highest BCUT2D eigenvalue weighted by Crippen LogP contribution is 2.40. The summed E-state index contributed by atoms with van der Waals surface area (Å²) >= 11 is 2.09. The number of methoxy groups -OCH3 is 3. The van der Waals surface area contributed by atoms with Crippen LogP contribution < -0.4 is 24.8 Å². The van der Waals surface area contributed by atoms with Gasteiger partial charge in [0.05, 0.1) is 33.3 Å². The standard InChI is InChI=1S/C28H27FIN3O5/c1-16-20(27(33-38-16)26-21(29)9-6-10-22(26)30)15-31-18-8-5-7-17(11-18)12-25(34)32-19-13-23(35-2)28(37-4)24(14-19)36-3/h5-11,13-14,31H,12,15H2,1-4H3,(H,32,34). The lowest BCUT2D eigenvalue weighted by molar-refractivity contribution is -0.115. The minimum atomic E-state index is -0.355. The van der Waals surface area contributed by atoms with Crippen LogP contribution in [0, 0.1) is 16.3 Å². The van der Waals surface area contributed by atoms with E-state index in [1.54, 1.807) is 25.1 Å². The highest BCUT2D eigenvalue weighted by molar-refractivity contribution is 14.1. The molecule has 0 atom stereocenters. The summed E-state index contributed by atoms with van der Waals surface area (Å²) in [6, 6.07) is 15.8. The van der Waals surface area contributed by atoms with Crippen LogP contribution in [0.25, 0.3) is 11.3 Å². The highest BCUT2D eigenvalue weighted by Gasteiger charge is 2.20. The molecule has 2 N–H and O–H groups in total. The highest BCUT2D eigenvalue weighted by atomic mass is 127. The number of rotatable bonds is 10. The Morgan fingerprint density at radius 3 is 2.37 bits per heavy atom. The number of aromatic nitrogens is 1. The number of benzene rings is 3. The fourth-order valence-electron chi connectivity index (χ4n) is 4.05. The third-order valence-electron chi connectivity index (χ3n) is 5.89. The molecular formula is C28H27FIN3O5. The van der Waals surface area contributed by atoms with E-state index in [9.17, 15) is 9.18 Å². The van der Waals surface area contributed by atoms with E-state index < -0.39 is 0 Å². The number of nitrogens with one attached hydrogen (secondary N) is 2. The van der Waals surface area contributed by atoms with E-state index in [-0.39, 0.29) is 18.1 Å². The van der Waals surface area contributed by atoms with Gasteiger partial charge in [-0.05, 0) is 59.3 Å². The molecule has 1 amide bonds. The quantitative estimate of drug-likeness (QED) is 0.201. The largest absolute Gasteiger partial charge is 0.493 e. The summed E-state index contributed by atoms with van der Waals surface area (Å²) in [5.41, 5.74) is 3.79. The molecule has 0 saturated heterocycles. The number of anilines is 2. The maximum atomic E-state index is 14.6. The van der Waals surface area contributed by atoms with Gasteiger partial charge in [0.1, 0.15) is 17.3 Å². The molecule has 10 heteroatoms. The molecule has 0 aliphatic carbocycles. The molecule has 0 aliphatic heterocycles. The Kier molecular flexibility index (Phi) is 8.72. The van der Waals surface area contributed by atoms with Gasteiger partial charge in [-0.2, -0.15) is 0 Å². The zero-order valence-electron chi connectivity index (χ0n) is 21.4. The Morgan fingerprint density at radius 2 is 1.71 bits per heavy atom. The molecule has 38 heavy (non-hydrogen) atoms. The van der Waals surface area contributed by atoms with Crippen molar-refractivity contribution in [2.45, 2.75) is 19.9 Å². The van der Waals surface area contributed by atoms with Crippen LogP contribution in [-0.4, -0.2) is 32.4 Å². The summed E-state index contributed by atoms with van der Waals surface area (Å²) < 4.78 is 36.8. The van der Waals surface area contributed by atoms with Crippen molar-refractivity contribution >= 4 is 39.9 Å². The topological polar surface area (TPSA) is 94.9 Å². The first-order valence-electron chi connectivity index (χ1n) is 11.7. The maximum absolute atomic E-state index is 14.6. The van der Waals surface area contributed by atoms with E-state index in [4.69, 9.17) is 18.7 Å². The van der Waals surface area contributed by atoms with Gasteiger partial charge in [-0.3, -0.25) is 4.79 Å². The molecule has 0 bridgehead atoms. The van der Waals surface area contributed by atoms with Gasteiger partial charge in [-0.25, -0.2) is 4.39 Å². The van der Waals surface area contributed by atoms with Crippen LogP contribution in [0.1, 0.15) is 16.9 Å². The van der Waals surface area contributed by atoms with E-state index in [1.807, 2.05) is 30.3 Å². The molecule has 0 radical (unpaired) electrons. The summed E-state index contributed by atoms with van der Waals surface area (Å²) in [6.45, 7) is 2.17.